The van der Waals surface area contributed by atoms with Crippen LogP contribution in [-0.4, -0.2) is 28.0 Å². The molecule has 0 saturated carbocycles. The molecule has 2 N–H and O–H groups in total. The van der Waals surface area contributed by atoms with Crippen molar-refractivity contribution in [3.8, 4) is 5.75 Å². The van der Waals surface area contributed by atoms with Crippen LogP contribution in [0.15, 0.2) is 41.3 Å². The summed E-state index contributed by atoms with van der Waals surface area (Å²) in [5.41, 5.74) is 0.781. The van der Waals surface area contributed by atoms with Crippen molar-refractivity contribution in [1.29, 1.82) is 0 Å². The van der Waals surface area contributed by atoms with Crippen molar-refractivity contribution in [3.63, 3.8) is 0 Å². The van der Waals surface area contributed by atoms with Crippen molar-refractivity contribution in [3.05, 3.63) is 53.6 Å². The number of anilines is 1. The van der Waals surface area contributed by atoms with E-state index in [4.69, 9.17) is 4.74 Å². The van der Waals surface area contributed by atoms with Crippen molar-refractivity contribution in [1.82, 2.24) is 4.72 Å². The summed E-state index contributed by atoms with van der Waals surface area (Å²) in [6, 6.07) is 7.31. The minimum absolute atomic E-state index is 0.00333. The number of halogens is 2. The van der Waals surface area contributed by atoms with Crippen molar-refractivity contribution in [2.75, 3.05) is 19.0 Å². The van der Waals surface area contributed by atoms with Gasteiger partial charge in [-0.25, -0.2) is 21.9 Å². The van der Waals surface area contributed by atoms with Gasteiger partial charge in [-0.3, -0.25) is 4.79 Å². The number of rotatable bonds is 6. The molecule has 6 nitrogen and oxygen atoms in total. The van der Waals surface area contributed by atoms with Crippen LogP contribution in [0.2, 0.25) is 0 Å². The molecule has 0 aliphatic rings. The van der Waals surface area contributed by atoms with Gasteiger partial charge in [-0.15, -0.1) is 0 Å². The van der Waals surface area contributed by atoms with Crippen LogP contribution in [0.3, 0.4) is 0 Å². The van der Waals surface area contributed by atoms with E-state index in [0.717, 1.165) is 12.1 Å². The predicted octanol–water partition coefficient (Wildman–Crippen LogP) is 2.20. The molecule has 2 rings (SSSR count). The number of sulfonamides is 1. The lowest BCUT2D eigenvalue weighted by atomic mass is 10.2. The van der Waals surface area contributed by atoms with Crippen molar-refractivity contribution >= 4 is 21.6 Å². The topological polar surface area (TPSA) is 84.5 Å². The lowest BCUT2D eigenvalue weighted by molar-refractivity contribution is -0.118. The zero-order chi connectivity index (χ0) is 18.6. The van der Waals surface area contributed by atoms with Crippen LogP contribution in [-0.2, 0) is 14.8 Å². The first-order valence-corrected chi connectivity index (χ1v) is 8.63. The summed E-state index contributed by atoms with van der Waals surface area (Å²) < 4.78 is 57.0. The van der Waals surface area contributed by atoms with Gasteiger partial charge in [0, 0.05) is 11.8 Å². The monoisotopic (exact) mass is 370 g/mol. The van der Waals surface area contributed by atoms with E-state index < -0.39 is 34.2 Å². The van der Waals surface area contributed by atoms with Gasteiger partial charge < -0.3 is 10.1 Å². The van der Waals surface area contributed by atoms with Gasteiger partial charge in [0.05, 0.1) is 4.90 Å². The third kappa shape index (κ3) is 4.74. The second-order valence-corrected chi connectivity index (χ2v) is 6.96. The predicted molar refractivity (Wildman–Crippen MR) is 87.9 cm³/mol. The van der Waals surface area contributed by atoms with E-state index in [1.54, 1.807) is 19.1 Å². The quantitative estimate of drug-likeness (QED) is 0.816. The summed E-state index contributed by atoms with van der Waals surface area (Å²) in [4.78, 5) is 11.9. The van der Waals surface area contributed by atoms with E-state index in [1.807, 2.05) is 0 Å². The molecule has 0 aliphatic heterocycles. The lowest BCUT2D eigenvalue weighted by Gasteiger charge is -2.11. The number of benzene rings is 2. The van der Waals surface area contributed by atoms with Gasteiger partial charge in [-0.05, 0) is 43.8 Å². The number of hydrogen-bond donors (Lipinski definition) is 2. The molecule has 9 heteroatoms. The number of amides is 1. The van der Waals surface area contributed by atoms with Crippen LogP contribution in [0.1, 0.15) is 5.56 Å². The summed E-state index contributed by atoms with van der Waals surface area (Å²) >= 11 is 0. The first-order chi connectivity index (χ1) is 11.7. The Hall–Kier alpha value is -2.52. The van der Waals surface area contributed by atoms with Crippen LogP contribution in [0, 0.1) is 18.6 Å². The molecule has 0 saturated heterocycles. The molecule has 0 bridgehead atoms. The largest absolute Gasteiger partial charge is 0.484 e. The second-order valence-electron chi connectivity index (χ2n) is 5.10. The summed E-state index contributed by atoms with van der Waals surface area (Å²) in [7, 11) is -2.37. The Morgan fingerprint density at radius 2 is 1.84 bits per heavy atom. The van der Waals surface area contributed by atoms with Crippen LogP contribution < -0.4 is 14.8 Å². The van der Waals surface area contributed by atoms with Crippen LogP contribution in [0.4, 0.5) is 14.5 Å². The standard InChI is InChI=1S/C16H16F2N2O4S/c1-10-3-4-11(7-15(10)25(22,23)19-2)20-16(21)9-24-12-5-6-13(17)14(18)8-12/h3-8,19H,9H2,1-2H3,(H,20,21). The van der Waals surface area contributed by atoms with E-state index in [0.29, 0.717) is 5.56 Å². The van der Waals surface area contributed by atoms with E-state index in [1.165, 1.54) is 19.2 Å². The zero-order valence-corrected chi connectivity index (χ0v) is 14.3. The molecule has 0 radical (unpaired) electrons. The Morgan fingerprint density at radius 3 is 2.48 bits per heavy atom. The average Bonchev–Trinajstić information content (AvgIpc) is 2.57. The highest BCUT2D eigenvalue weighted by Crippen LogP contribution is 2.20. The van der Waals surface area contributed by atoms with Gasteiger partial charge >= 0.3 is 0 Å². The van der Waals surface area contributed by atoms with E-state index in [9.17, 15) is 22.0 Å². The van der Waals surface area contributed by atoms with Gasteiger partial charge in [0.15, 0.2) is 18.2 Å². The first kappa shape index (κ1) is 18.8. The van der Waals surface area contributed by atoms with Gasteiger partial charge in [-0.1, -0.05) is 6.07 Å². The molecular weight excluding hydrogens is 354 g/mol. The van der Waals surface area contributed by atoms with Crippen molar-refractivity contribution in [2.45, 2.75) is 11.8 Å². The average molecular weight is 370 g/mol. The fourth-order valence-corrected chi connectivity index (χ4v) is 2.98. The maximum absolute atomic E-state index is 13.1. The Morgan fingerprint density at radius 1 is 1.12 bits per heavy atom. The third-order valence-electron chi connectivity index (χ3n) is 3.29. The molecule has 0 unspecified atom stereocenters. The van der Waals surface area contributed by atoms with Crippen LogP contribution >= 0.6 is 0 Å². The second kappa shape index (κ2) is 7.58. The van der Waals surface area contributed by atoms with E-state index >= 15 is 0 Å². The van der Waals surface area contributed by atoms with E-state index in [2.05, 4.69) is 10.0 Å². The third-order valence-corrected chi connectivity index (χ3v) is 4.85. The molecule has 2 aromatic rings. The Balaban J connectivity index is 2.05. The maximum atomic E-state index is 13.1. The lowest BCUT2D eigenvalue weighted by Crippen LogP contribution is -2.22. The minimum atomic E-state index is -3.66. The maximum Gasteiger partial charge on any atom is 0.262 e. The van der Waals surface area contributed by atoms with Crippen LogP contribution in [0.25, 0.3) is 0 Å². The molecule has 0 aliphatic carbocycles. The number of carbonyl (C=O) groups is 1. The normalized spacial score (nSPS) is 11.2. The van der Waals surface area contributed by atoms with Crippen LogP contribution in [0.5, 0.6) is 5.75 Å². The summed E-state index contributed by atoms with van der Waals surface area (Å²) in [5.74, 6) is -2.69. The highest BCUT2D eigenvalue weighted by Gasteiger charge is 2.16. The molecule has 134 valence electrons. The van der Waals surface area contributed by atoms with Gasteiger partial charge in [0.25, 0.3) is 5.91 Å². The Labute approximate surface area is 143 Å². The smallest absolute Gasteiger partial charge is 0.262 e. The molecule has 0 aromatic heterocycles. The van der Waals surface area contributed by atoms with Gasteiger partial charge in [0.1, 0.15) is 5.75 Å². The van der Waals surface area contributed by atoms with Gasteiger partial charge in [-0.2, -0.15) is 0 Å². The highest BCUT2D eigenvalue weighted by molar-refractivity contribution is 7.89. The number of nitrogens with one attached hydrogen (secondary N) is 2. The van der Waals surface area contributed by atoms with Crippen molar-refractivity contribution in [2.24, 2.45) is 0 Å². The highest BCUT2D eigenvalue weighted by atomic mass is 32.2. The number of ether oxygens (including phenoxy) is 1. The fourth-order valence-electron chi connectivity index (χ4n) is 1.99. The zero-order valence-electron chi connectivity index (χ0n) is 13.5. The summed E-state index contributed by atoms with van der Waals surface area (Å²) in [6.07, 6.45) is 0. The molecular formula is C16H16F2N2O4S. The Bertz CT molecular complexity index is 901. The summed E-state index contributed by atoms with van der Waals surface area (Å²) in [6.45, 7) is 1.18. The Kier molecular flexibility index (Phi) is 5.70. The fraction of sp³-hybridized carbons (Fsp3) is 0.188. The molecule has 0 spiro atoms. The number of hydrogen-bond acceptors (Lipinski definition) is 4. The molecule has 25 heavy (non-hydrogen) atoms. The minimum Gasteiger partial charge on any atom is -0.484 e. The molecule has 1 amide bonds. The van der Waals surface area contributed by atoms with E-state index in [-0.39, 0.29) is 16.3 Å². The summed E-state index contributed by atoms with van der Waals surface area (Å²) in [5, 5.41) is 2.48. The molecule has 0 heterocycles. The molecule has 0 atom stereocenters. The van der Waals surface area contributed by atoms with Crippen molar-refractivity contribution < 1.29 is 26.7 Å². The molecule has 0 fully saturated rings. The SMILES string of the molecule is CNS(=O)(=O)c1cc(NC(=O)COc2ccc(F)c(F)c2)ccc1C. The number of carbonyl (C=O) groups excluding carboxylic acids is 1. The number of aryl methyl sites for hydroxylation is 1. The first-order valence-electron chi connectivity index (χ1n) is 7.15. The van der Waals surface area contributed by atoms with Gasteiger partial charge in [0.2, 0.25) is 10.0 Å². The molecule has 2 aromatic carbocycles.